The summed E-state index contributed by atoms with van der Waals surface area (Å²) in [6.45, 7) is 5.83. The predicted octanol–water partition coefficient (Wildman–Crippen LogP) is 4.91. The maximum Gasteiger partial charge on any atom is 0.311 e. The quantitative estimate of drug-likeness (QED) is 0.482. The number of esters is 1. The van der Waals surface area contributed by atoms with E-state index in [4.69, 9.17) is 13.9 Å². The van der Waals surface area contributed by atoms with E-state index in [0.717, 1.165) is 11.1 Å². The Labute approximate surface area is 151 Å². The number of hydrogen-bond donors (Lipinski definition) is 0. The van der Waals surface area contributed by atoms with Crippen molar-refractivity contribution in [2.45, 2.75) is 33.6 Å². The van der Waals surface area contributed by atoms with Gasteiger partial charge in [0, 0.05) is 12.5 Å². The largest absolute Gasteiger partial charge is 0.460 e. The van der Waals surface area contributed by atoms with Gasteiger partial charge in [0.25, 0.3) is 0 Å². The second-order valence-corrected chi connectivity index (χ2v) is 6.24. The van der Waals surface area contributed by atoms with Crippen molar-refractivity contribution in [3.63, 3.8) is 0 Å². The molecule has 3 rings (SSSR count). The zero-order valence-electron chi connectivity index (χ0n) is 15.0. The molecule has 0 N–H and O–H groups in total. The second-order valence-electron chi connectivity index (χ2n) is 6.24. The van der Waals surface area contributed by atoms with Gasteiger partial charge in [-0.1, -0.05) is 13.0 Å². The number of rotatable bonds is 5. The Morgan fingerprint density at radius 2 is 1.77 bits per heavy atom. The van der Waals surface area contributed by atoms with Gasteiger partial charge in [-0.3, -0.25) is 9.59 Å². The van der Waals surface area contributed by atoms with Crippen LogP contribution in [0.25, 0.3) is 11.0 Å². The van der Waals surface area contributed by atoms with Gasteiger partial charge in [-0.15, -0.1) is 0 Å². The highest BCUT2D eigenvalue weighted by Crippen LogP contribution is 2.25. The van der Waals surface area contributed by atoms with Gasteiger partial charge < -0.3 is 13.9 Å². The van der Waals surface area contributed by atoms with Crippen molar-refractivity contribution in [2.75, 3.05) is 0 Å². The van der Waals surface area contributed by atoms with E-state index in [9.17, 15) is 9.59 Å². The first-order valence-electron chi connectivity index (χ1n) is 8.48. The minimum Gasteiger partial charge on any atom is -0.460 e. The van der Waals surface area contributed by atoms with Crippen molar-refractivity contribution in [3.8, 4) is 17.2 Å². The first-order chi connectivity index (χ1) is 12.5. The Balaban J connectivity index is 1.91. The van der Waals surface area contributed by atoms with E-state index in [1.165, 1.54) is 12.3 Å². The van der Waals surface area contributed by atoms with E-state index in [1.807, 2.05) is 39.0 Å². The van der Waals surface area contributed by atoms with Gasteiger partial charge in [-0.05, 0) is 55.7 Å². The molecule has 0 aliphatic carbocycles. The third-order valence-electron chi connectivity index (χ3n) is 3.82. The molecular formula is C21H20O5. The van der Waals surface area contributed by atoms with Crippen molar-refractivity contribution in [1.29, 1.82) is 0 Å². The lowest BCUT2D eigenvalue weighted by Gasteiger charge is -2.08. The molecule has 0 aliphatic rings. The van der Waals surface area contributed by atoms with E-state index >= 15 is 0 Å². The molecule has 0 saturated heterocycles. The highest BCUT2D eigenvalue weighted by atomic mass is 16.5. The minimum atomic E-state index is -0.316. The van der Waals surface area contributed by atoms with Crippen LogP contribution in [0.1, 0.15) is 30.9 Å². The third kappa shape index (κ3) is 3.94. The summed E-state index contributed by atoms with van der Waals surface area (Å²) in [5.41, 5.74) is 2.15. The van der Waals surface area contributed by atoms with Crippen LogP contribution in [0, 0.1) is 13.8 Å². The molecule has 5 nitrogen and oxygen atoms in total. The molecule has 3 aromatic rings. The van der Waals surface area contributed by atoms with E-state index in [2.05, 4.69) is 0 Å². The van der Waals surface area contributed by atoms with Crippen molar-refractivity contribution < 1.29 is 18.7 Å². The van der Waals surface area contributed by atoms with Crippen LogP contribution >= 0.6 is 0 Å². The van der Waals surface area contributed by atoms with Gasteiger partial charge in [0.2, 0.25) is 11.2 Å². The zero-order chi connectivity index (χ0) is 18.7. The molecule has 0 bridgehead atoms. The number of ether oxygens (including phenoxy) is 2. The highest BCUT2D eigenvalue weighted by Gasteiger charge is 2.12. The topological polar surface area (TPSA) is 65.7 Å². The molecule has 0 radical (unpaired) electrons. The Hall–Kier alpha value is -3.08. The molecule has 0 unspecified atom stereocenters. The molecule has 5 heteroatoms. The molecule has 26 heavy (non-hydrogen) atoms. The van der Waals surface area contributed by atoms with Crippen LogP contribution in [-0.2, 0) is 4.79 Å². The van der Waals surface area contributed by atoms with Crippen LogP contribution in [0.15, 0.2) is 51.9 Å². The summed E-state index contributed by atoms with van der Waals surface area (Å²) in [5.74, 6) is 0.725. The summed E-state index contributed by atoms with van der Waals surface area (Å²) >= 11 is 0. The maximum absolute atomic E-state index is 12.6. The van der Waals surface area contributed by atoms with E-state index in [0.29, 0.717) is 35.3 Å². The lowest BCUT2D eigenvalue weighted by atomic mass is 10.1. The van der Waals surface area contributed by atoms with E-state index in [1.54, 1.807) is 12.1 Å². The summed E-state index contributed by atoms with van der Waals surface area (Å²) in [5, 5.41) is 0.363. The molecular weight excluding hydrogens is 332 g/mol. The fourth-order valence-corrected chi connectivity index (χ4v) is 2.73. The Bertz CT molecular complexity index is 996. The van der Waals surface area contributed by atoms with E-state index < -0.39 is 0 Å². The lowest BCUT2D eigenvalue weighted by Crippen LogP contribution is -2.08. The van der Waals surface area contributed by atoms with Gasteiger partial charge in [0.15, 0.2) is 0 Å². The van der Waals surface area contributed by atoms with Crippen LogP contribution in [0.5, 0.6) is 17.2 Å². The third-order valence-corrected chi connectivity index (χ3v) is 3.82. The fraction of sp³-hybridized carbons (Fsp3) is 0.238. The SMILES string of the molecule is CCCC(=O)Oc1ccc2c(=O)c(Oc3cc(C)cc(C)c3)coc2c1. The molecule has 0 atom stereocenters. The van der Waals surface area contributed by atoms with Crippen LogP contribution in [-0.4, -0.2) is 5.97 Å². The number of aryl methyl sites for hydroxylation is 2. The number of carbonyl (C=O) groups is 1. The summed E-state index contributed by atoms with van der Waals surface area (Å²) in [6.07, 6.45) is 2.32. The molecule has 0 fully saturated rings. The van der Waals surface area contributed by atoms with Crippen molar-refractivity contribution >= 4 is 16.9 Å². The number of hydrogen-bond acceptors (Lipinski definition) is 5. The van der Waals surface area contributed by atoms with Crippen LogP contribution in [0.4, 0.5) is 0 Å². The molecule has 134 valence electrons. The Morgan fingerprint density at radius 3 is 2.46 bits per heavy atom. The maximum atomic E-state index is 12.6. The molecule has 0 amide bonds. The number of carbonyl (C=O) groups excluding carboxylic acids is 1. The standard InChI is InChI=1S/C21H20O5/c1-4-5-20(22)26-15-6-7-17-18(11-15)24-12-19(21(17)23)25-16-9-13(2)8-14(3)10-16/h6-12H,4-5H2,1-3H3. The van der Waals surface area contributed by atoms with Gasteiger partial charge >= 0.3 is 5.97 Å². The van der Waals surface area contributed by atoms with Gasteiger partial charge in [0.1, 0.15) is 23.3 Å². The van der Waals surface area contributed by atoms with Crippen LogP contribution < -0.4 is 14.9 Å². The minimum absolute atomic E-state index is 0.109. The van der Waals surface area contributed by atoms with Gasteiger partial charge in [-0.25, -0.2) is 0 Å². The molecule has 1 heterocycles. The molecule has 0 spiro atoms. The van der Waals surface area contributed by atoms with Gasteiger partial charge in [-0.2, -0.15) is 0 Å². The van der Waals surface area contributed by atoms with Crippen molar-refractivity contribution in [1.82, 2.24) is 0 Å². The van der Waals surface area contributed by atoms with E-state index in [-0.39, 0.29) is 17.1 Å². The monoisotopic (exact) mass is 352 g/mol. The van der Waals surface area contributed by atoms with Gasteiger partial charge in [0.05, 0.1) is 5.39 Å². The zero-order valence-corrected chi connectivity index (χ0v) is 15.0. The highest BCUT2D eigenvalue weighted by molar-refractivity contribution is 5.80. The molecule has 0 aliphatic heterocycles. The molecule has 1 aromatic heterocycles. The summed E-state index contributed by atoms with van der Waals surface area (Å²) in [4.78, 5) is 24.2. The Kier molecular flexibility index (Phi) is 5.07. The first kappa shape index (κ1) is 17.7. The first-order valence-corrected chi connectivity index (χ1v) is 8.48. The predicted molar refractivity (Wildman–Crippen MR) is 99.0 cm³/mol. The molecule has 0 saturated carbocycles. The van der Waals surface area contributed by atoms with Crippen LogP contribution in [0.3, 0.4) is 0 Å². The molecule has 2 aromatic carbocycles. The smallest absolute Gasteiger partial charge is 0.311 e. The summed E-state index contributed by atoms with van der Waals surface area (Å²) < 4.78 is 16.5. The average molecular weight is 352 g/mol. The second kappa shape index (κ2) is 7.44. The summed E-state index contributed by atoms with van der Waals surface area (Å²) in [7, 11) is 0. The number of benzene rings is 2. The van der Waals surface area contributed by atoms with Crippen molar-refractivity contribution in [2.24, 2.45) is 0 Å². The van der Waals surface area contributed by atoms with Crippen molar-refractivity contribution in [3.05, 3.63) is 64.0 Å². The van der Waals surface area contributed by atoms with Crippen LogP contribution in [0.2, 0.25) is 0 Å². The normalized spacial score (nSPS) is 10.7. The fourth-order valence-electron chi connectivity index (χ4n) is 2.73. The summed E-state index contributed by atoms with van der Waals surface area (Å²) in [6, 6.07) is 10.4. The Morgan fingerprint density at radius 1 is 1.04 bits per heavy atom. The number of fused-ring (bicyclic) bond motifs is 1. The average Bonchev–Trinajstić information content (AvgIpc) is 2.57. The lowest BCUT2D eigenvalue weighted by molar-refractivity contribution is -0.134.